The molecule has 0 aromatic heterocycles. The Kier molecular flexibility index (Phi) is 8.40. The summed E-state index contributed by atoms with van der Waals surface area (Å²) in [5.41, 5.74) is 5.52. The molecule has 2 N–H and O–H groups in total. The molecular weight excluding hydrogens is 162 g/mol. The minimum absolute atomic E-state index is 0.770. The van der Waals surface area contributed by atoms with E-state index in [-0.39, 0.29) is 0 Å². The second kappa shape index (κ2) is 8.48. The largest absolute Gasteiger partial charge is 0.329 e. The van der Waals surface area contributed by atoms with Gasteiger partial charge in [-0.1, -0.05) is 20.8 Å². The van der Waals surface area contributed by atoms with Crippen LogP contribution in [0.1, 0.15) is 20.8 Å². The third kappa shape index (κ3) is 6.02. The SMILES string of the molecule is CCN(CC)CCN(CC)CCN. The fourth-order valence-electron chi connectivity index (χ4n) is 1.43. The summed E-state index contributed by atoms with van der Waals surface area (Å²) in [4.78, 5) is 4.84. The van der Waals surface area contributed by atoms with E-state index in [4.69, 9.17) is 5.73 Å². The molecule has 0 aromatic carbocycles. The van der Waals surface area contributed by atoms with Crippen LogP contribution in [0.15, 0.2) is 0 Å². The van der Waals surface area contributed by atoms with E-state index in [1.807, 2.05) is 0 Å². The van der Waals surface area contributed by atoms with E-state index in [0.717, 1.165) is 39.3 Å². The number of rotatable bonds is 8. The molecule has 0 saturated heterocycles. The van der Waals surface area contributed by atoms with Gasteiger partial charge in [-0.3, -0.25) is 0 Å². The number of nitrogens with two attached hydrogens (primary N) is 1. The zero-order valence-corrected chi connectivity index (χ0v) is 9.42. The Labute approximate surface area is 82.9 Å². The Morgan fingerprint density at radius 2 is 1.23 bits per heavy atom. The quantitative estimate of drug-likeness (QED) is 0.604. The molecule has 0 aliphatic rings. The Hall–Kier alpha value is -0.120. The van der Waals surface area contributed by atoms with E-state index in [1.54, 1.807) is 0 Å². The van der Waals surface area contributed by atoms with Crippen LogP contribution in [0.5, 0.6) is 0 Å². The first-order chi connectivity index (χ1) is 6.28. The lowest BCUT2D eigenvalue weighted by atomic mass is 10.4. The van der Waals surface area contributed by atoms with Crippen LogP contribution in [0, 0.1) is 0 Å². The molecule has 0 saturated carbocycles. The smallest absolute Gasteiger partial charge is 0.0110 e. The molecule has 0 bridgehead atoms. The minimum Gasteiger partial charge on any atom is -0.329 e. The Morgan fingerprint density at radius 1 is 0.769 bits per heavy atom. The summed E-state index contributed by atoms with van der Waals surface area (Å²) in [5, 5.41) is 0. The van der Waals surface area contributed by atoms with E-state index in [9.17, 15) is 0 Å². The van der Waals surface area contributed by atoms with Gasteiger partial charge in [-0.05, 0) is 19.6 Å². The van der Waals surface area contributed by atoms with Crippen molar-refractivity contribution in [1.82, 2.24) is 9.80 Å². The van der Waals surface area contributed by atoms with Crippen LogP contribution in [0.4, 0.5) is 0 Å². The fourth-order valence-corrected chi connectivity index (χ4v) is 1.43. The Balaban J connectivity index is 3.56. The molecule has 0 rings (SSSR count). The summed E-state index contributed by atoms with van der Waals surface area (Å²) in [6, 6.07) is 0. The first-order valence-electron chi connectivity index (χ1n) is 5.43. The monoisotopic (exact) mass is 187 g/mol. The van der Waals surface area contributed by atoms with Crippen LogP contribution < -0.4 is 5.73 Å². The second-order valence-electron chi connectivity index (χ2n) is 3.25. The summed E-state index contributed by atoms with van der Waals surface area (Å²) in [6.07, 6.45) is 0. The molecular formula is C10H25N3. The lowest BCUT2D eigenvalue weighted by Gasteiger charge is -2.24. The number of hydrogen-bond donors (Lipinski definition) is 1. The first kappa shape index (κ1) is 12.9. The molecule has 80 valence electrons. The highest BCUT2D eigenvalue weighted by molar-refractivity contribution is 4.60. The summed E-state index contributed by atoms with van der Waals surface area (Å²) in [6.45, 7) is 14.1. The van der Waals surface area contributed by atoms with Crippen molar-refractivity contribution in [2.75, 3.05) is 45.8 Å². The second-order valence-corrected chi connectivity index (χ2v) is 3.25. The maximum absolute atomic E-state index is 5.52. The highest BCUT2D eigenvalue weighted by atomic mass is 15.2. The van der Waals surface area contributed by atoms with Gasteiger partial charge in [0.25, 0.3) is 0 Å². The van der Waals surface area contributed by atoms with Crippen LogP contribution in [-0.4, -0.2) is 55.6 Å². The Bertz CT molecular complexity index is 102. The van der Waals surface area contributed by atoms with Crippen molar-refractivity contribution in [3.05, 3.63) is 0 Å². The molecule has 0 spiro atoms. The molecule has 3 heteroatoms. The number of likely N-dealkylation sites (N-methyl/N-ethyl adjacent to an activating group) is 2. The van der Waals surface area contributed by atoms with Gasteiger partial charge in [0, 0.05) is 26.2 Å². The predicted molar refractivity (Wildman–Crippen MR) is 59.0 cm³/mol. The molecule has 0 aliphatic carbocycles. The van der Waals surface area contributed by atoms with Gasteiger partial charge >= 0.3 is 0 Å². The van der Waals surface area contributed by atoms with E-state index in [0.29, 0.717) is 0 Å². The van der Waals surface area contributed by atoms with E-state index in [2.05, 4.69) is 30.6 Å². The summed E-state index contributed by atoms with van der Waals surface area (Å²) in [5.74, 6) is 0. The third-order valence-corrected chi connectivity index (χ3v) is 2.52. The molecule has 0 amide bonds. The van der Waals surface area contributed by atoms with Gasteiger partial charge in [0.15, 0.2) is 0 Å². The summed E-state index contributed by atoms with van der Waals surface area (Å²) >= 11 is 0. The zero-order valence-electron chi connectivity index (χ0n) is 9.42. The van der Waals surface area contributed by atoms with Crippen molar-refractivity contribution in [3.63, 3.8) is 0 Å². The summed E-state index contributed by atoms with van der Waals surface area (Å²) in [7, 11) is 0. The number of nitrogens with zero attached hydrogens (tertiary/aromatic N) is 2. The van der Waals surface area contributed by atoms with Crippen molar-refractivity contribution in [2.45, 2.75) is 20.8 Å². The van der Waals surface area contributed by atoms with Crippen molar-refractivity contribution >= 4 is 0 Å². The normalized spacial score (nSPS) is 11.5. The summed E-state index contributed by atoms with van der Waals surface area (Å²) < 4.78 is 0. The molecule has 0 heterocycles. The zero-order chi connectivity index (χ0) is 10.1. The van der Waals surface area contributed by atoms with E-state index < -0.39 is 0 Å². The molecule has 0 radical (unpaired) electrons. The average molecular weight is 187 g/mol. The van der Waals surface area contributed by atoms with Crippen molar-refractivity contribution in [1.29, 1.82) is 0 Å². The van der Waals surface area contributed by atoms with Crippen LogP contribution in [0.25, 0.3) is 0 Å². The van der Waals surface area contributed by atoms with Gasteiger partial charge in [0.05, 0.1) is 0 Å². The highest BCUT2D eigenvalue weighted by Gasteiger charge is 2.03. The Morgan fingerprint density at radius 3 is 1.62 bits per heavy atom. The van der Waals surface area contributed by atoms with Crippen LogP contribution in [0.2, 0.25) is 0 Å². The van der Waals surface area contributed by atoms with Gasteiger partial charge in [-0.2, -0.15) is 0 Å². The predicted octanol–water partition coefficient (Wildman–Crippen LogP) is 0.609. The van der Waals surface area contributed by atoms with E-state index >= 15 is 0 Å². The van der Waals surface area contributed by atoms with Crippen molar-refractivity contribution in [2.24, 2.45) is 5.73 Å². The maximum Gasteiger partial charge on any atom is 0.0110 e. The van der Waals surface area contributed by atoms with Crippen LogP contribution >= 0.6 is 0 Å². The molecule has 0 atom stereocenters. The van der Waals surface area contributed by atoms with Gasteiger partial charge in [0.1, 0.15) is 0 Å². The lowest BCUT2D eigenvalue weighted by molar-refractivity contribution is 0.224. The van der Waals surface area contributed by atoms with Crippen molar-refractivity contribution < 1.29 is 0 Å². The van der Waals surface area contributed by atoms with Gasteiger partial charge in [-0.15, -0.1) is 0 Å². The number of hydrogen-bond acceptors (Lipinski definition) is 3. The van der Waals surface area contributed by atoms with Crippen molar-refractivity contribution in [3.8, 4) is 0 Å². The average Bonchev–Trinajstić information content (AvgIpc) is 2.17. The van der Waals surface area contributed by atoms with Crippen LogP contribution in [0.3, 0.4) is 0 Å². The fraction of sp³-hybridized carbons (Fsp3) is 1.00. The molecule has 3 nitrogen and oxygen atoms in total. The standard InChI is InChI=1S/C10H25N3/c1-4-12(5-2)9-10-13(6-3)8-7-11/h4-11H2,1-3H3. The minimum atomic E-state index is 0.770. The molecule has 13 heavy (non-hydrogen) atoms. The van der Waals surface area contributed by atoms with Gasteiger partial charge < -0.3 is 15.5 Å². The molecule has 0 aliphatic heterocycles. The molecule has 0 fully saturated rings. The molecule has 0 unspecified atom stereocenters. The topological polar surface area (TPSA) is 32.5 Å². The lowest BCUT2D eigenvalue weighted by Crippen LogP contribution is -2.37. The van der Waals surface area contributed by atoms with Crippen LogP contribution in [-0.2, 0) is 0 Å². The van der Waals surface area contributed by atoms with E-state index in [1.165, 1.54) is 6.54 Å². The first-order valence-corrected chi connectivity index (χ1v) is 5.43. The van der Waals surface area contributed by atoms with Gasteiger partial charge in [0.2, 0.25) is 0 Å². The highest BCUT2D eigenvalue weighted by Crippen LogP contribution is 1.90. The molecule has 0 aromatic rings. The third-order valence-electron chi connectivity index (χ3n) is 2.52. The maximum atomic E-state index is 5.52. The van der Waals surface area contributed by atoms with Gasteiger partial charge in [-0.25, -0.2) is 0 Å².